The van der Waals surface area contributed by atoms with Crippen LogP contribution in [0.5, 0.6) is 5.75 Å². The van der Waals surface area contributed by atoms with E-state index in [1.165, 1.54) is 7.11 Å². The standard InChI is InChI=1S/C33H38ClN3O6/c1-21-8-6-10-26(34)28(21)30(38)36-27(31(39)41-5)20-22-11-15-25(16-12-22)42-19-17-24-14-13-23-9-7-18-37(29(23)35-24)32(40)43-33(2,3)4/h6,8,10-16,27H,7,9,17-20H2,1-5H3,(H,36,38). The number of nitrogens with zero attached hydrogens (tertiary/aromatic N) is 2. The van der Waals surface area contributed by atoms with E-state index in [0.717, 1.165) is 29.7 Å². The molecule has 1 atom stereocenters. The van der Waals surface area contributed by atoms with E-state index < -0.39 is 23.5 Å². The highest BCUT2D eigenvalue weighted by atomic mass is 35.5. The number of pyridine rings is 1. The van der Waals surface area contributed by atoms with Crippen molar-refractivity contribution in [1.82, 2.24) is 10.3 Å². The summed E-state index contributed by atoms with van der Waals surface area (Å²) >= 11 is 6.24. The fourth-order valence-electron chi connectivity index (χ4n) is 4.83. The average Bonchev–Trinajstić information content (AvgIpc) is 2.96. The van der Waals surface area contributed by atoms with Gasteiger partial charge in [0.1, 0.15) is 23.2 Å². The Labute approximate surface area is 257 Å². The zero-order valence-corrected chi connectivity index (χ0v) is 26.0. The number of benzene rings is 2. The van der Waals surface area contributed by atoms with Crippen molar-refractivity contribution < 1.29 is 28.6 Å². The van der Waals surface area contributed by atoms with E-state index in [1.807, 2.05) is 57.2 Å². The number of methoxy groups -OCH3 is 1. The molecule has 1 aromatic heterocycles. The normalized spacial score (nSPS) is 13.5. The number of carbonyl (C=O) groups excluding carboxylic acids is 3. The number of amides is 2. The maximum atomic E-state index is 12.9. The Morgan fingerprint density at radius 3 is 2.49 bits per heavy atom. The van der Waals surface area contributed by atoms with Gasteiger partial charge in [0.15, 0.2) is 0 Å². The summed E-state index contributed by atoms with van der Waals surface area (Å²) in [5, 5.41) is 3.07. The molecular weight excluding hydrogens is 570 g/mol. The summed E-state index contributed by atoms with van der Waals surface area (Å²) in [5.74, 6) is 0.311. The molecule has 3 aromatic rings. The molecule has 10 heteroatoms. The van der Waals surface area contributed by atoms with Crippen molar-refractivity contribution in [2.45, 2.75) is 65.0 Å². The second-order valence-electron chi connectivity index (χ2n) is 11.4. The third-order valence-electron chi connectivity index (χ3n) is 6.94. The number of aromatic nitrogens is 1. The molecule has 2 amide bonds. The number of hydrogen-bond donors (Lipinski definition) is 1. The molecule has 0 spiro atoms. The van der Waals surface area contributed by atoms with E-state index >= 15 is 0 Å². The van der Waals surface area contributed by atoms with Crippen LogP contribution in [0.15, 0.2) is 54.6 Å². The number of hydrogen-bond acceptors (Lipinski definition) is 7. The number of aryl methyl sites for hydroxylation is 2. The minimum absolute atomic E-state index is 0.232. The predicted molar refractivity (Wildman–Crippen MR) is 165 cm³/mol. The van der Waals surface area contributed by atoms with Crippen molar-refractivity contribution >= 4 is 35.4 Å². The molecule has 0 fully saturated rings. The van der Waals surface area contributed by atoms with Gasteiger partial charge in [0.2, 0.25) is 0 Å². The molecule has 1 unspecified atom stereocenters. The van der Waals surface area contributed by atoms with Crippen LogP contribution in [0.4, 0.5) is 10.6 Å². The van der Waals surface area contributed by atoms with Crippen LogP contribution in [-0.4, -0.2) is 54.9 Å². The minimum Gasteiger partial charge on any atom is -0.493 e. The summed E-state index contributed by atoms with van der Waals surface area (Å²) in [4.78, 5) is 44.6. The van der Waals surface area contributed by atoms with Crippen LogP contribution in [0, 0.1) is 6.92 Å². The maximum absolute atomic E-state index is 12.9. The van der Waals surface area contributed by atoms with Gasteiger partial charge in [-0.1, -0.05) is 41.9 Å². The Bertz CT molecular complexity index is 1450. The van der Waals surface area contributed by atoms with Crippen LogP contribution in [0.3, 0.4) is 0 Å². The van der Waals surface area contributed by atoms with E-state index in [0.29, 0.717) is 47.3 Å². The molecule has 1 N–H and O–H groups in total. The van der Waals surface area contributed by atoms with Crippen LogP contribution >= 0.6 is 11.6 Å². The van der Waals surface area contributed by atoms with Crippen LogP contribution in [-0.2, 0) is 33.5 Å². The molecule has 9 nitrogen and oxygen atoms in total. The monoisotopic (exact) mass is 607 g/mol. The minimum atomic E-state index is -0.893. The second-order valence-corrected chi connectivity index (χ2v) is 11.9. The van der Waals surface area contributed by atoms with Crippen molar-refractivity contribution in [3.8, 4) is 5.75 Å². The average molecular weight is 608 g/mol. The predicted octanol–water partition coefficient (Wildman–Crippen LogP) is 5.87. The summed E-state index contributed by atoms with van der Waals surface area (Å²) in [5.41, 5.74) is 3.11. The first-order chi connectivity index (χ1) is 20.4. The zero-order valence-electron chi connectivity index (χ0n) is 25.2. The lowest BCUT2D eigenvalue weighted by Crippen LogP contribution is -2.43. The topological polar surface area (TPSA) is 107 Å². The largest absolute Gasteiger partial charge is 0.493 e. The fourth-order valence-corrected chi connectivity index (χ4v) is 5.14. The lowest BCUT2D eigenvalue weighted by atomic mass is 10.0. The Hall–Kier alpha value is -4.11. The Morgan fingerprint density at radius 1 is 1.07 bits per heavy atom. The summed E-state index contributed by atoms with van der Waals surface area (Å²) in [6, 6.07) is 15.6. The number of anilines is 1. The summed E-state index contributed by atoms with van der Waals surface area (Å²) in [6.07, 6.45) is 2.12. The molecule has 0 bridgehead atoms. The molecule has 2 heterocycles. The van der Waals surface area contributed by atoms with Gasteiger partial charge in [-0.05, 0) is 81.5 Å². The lowest BCUT2D eigenvalue weighted by Gasteiger charge is -2.31. The number of carbonyl (C=O) groups is 3. The van der Waals surface area contributed by atoms with Crippen LogP contribution in [0.1, 0.15) is 59.9 Å². The number of rotatable bonds is 9. The number of ether oxygens (including phenoxy) is 3. The van der Waals surface area contributed by atoms with Crippen molar-refractivity contribution in [3.05, 3.63) is 87.6 Å². The highest BCUT2D eigenvalue weighted by Crippen LogP contribution is 2.27. The van der Waals surface area contributed by atoms with Crippen LogP contribution in [0.2, 0.25) is 5.02 Å². The Morgan fingerprint density at radius 2 is 1.81 bits per heavy atom. The first-order valence-corrected chi connectivity index (χ1v) is 14.7. The molecule has 0 saturated carbocycles. The first-order valence-electron chi connectivity index (χ1n) is 14.3. The molecule has 0 radical (unpaired) electrons. The van der Waals surface area contributed by atoms with Crippen molar-refractivity contribution in [1.29, 1.82) is 0 Å². The number of halogens is 1. The Kier molecular flexibility index (Phi) is 10.3. The van der Waals surface area contributed by atoms with Gasteiger partial charge in [-0.3, -0.25) is 9.69 Å². The molecule has 4 rings (SSSR count). The van der Waals surface area contributed by atoms with E-state index in [1.54, 1.807) is 30.0 Å². The van der Waals surface area contributed by atoms with Gasteiger partial charge in [-0.15, -0.1) is 0 Å². The van der Waals surface area contributed by atoms with Crippen molar-refractivity contribution in [2.24, 2.45) is 0 Å². The van der Waals surface area contributed by atoms with Crippen LogP contribution < -0.4 is 15.0 Å². The number of esters is 1. The van der Waals surface area contributed by atoms with Crippen molar-refractivity contribution in [3.63, 3.8) is 0 Å². The van der Waals surface area contributed by atoms with E-state index in [9.17, 15) is 14.4 Å². The molecular formula is C33H38ClN3O6. The SMILES string of the molecule is COC(=O)C(Cc1ccc(OCCc2ccc3c(n2)N(C(=O)OC(C)(C)C)CCC3)cc1)NC(=O)c1c(C)cccc1Cl. The molecule has 0 aliphatic carbocycles. The third-order valence-corrected chi connectivity index (χ3v) is 7.26. The summed E-state index contributed by atoms with van der Waals surface area (Å²) in [6.45, 7) is 8.29. The highest BCUT2D eigenvalue weighted by Gasteiger charge is 2.29. The molecule has 0 saturated heterocycles. The molecule has 1 aliphatic rings. The zero-order chi connectivity index (χ0) is 31.1. The third kappa shape index (κ3) is 8.47. The van der Waals surface area contributed by atoms with Gasteiger partial charge in [-0.25, -0.2) is 14.6 Å². The second kappa shape index (κ2) is 13.9. The molecule has 2 aromatic carbocycles. The number of fused-ring (bicyclic) bond motifs is 1. The van der Waals surface area contributed by atoms with E-state index in [4.69, 9.17) is 30.8 Å². The smallest absolute Gasteiger partial charge is 0.416 e. The Balaban J connectivity index is 1.35. The van der Waals surface area contributed by atoms with Crippen molar-refractivity contribution in [2.75, 3.05) is 25.2 Å². The molecule has 228 valence electrons. The van der Waals surface area contributed by atoms with Gasteiger partial charge < -0.3 is 19.5 Å². The summed E-state index contributed by atoms with van der Waals surface area (Å²) in [7, 11) is 1.28. The van der Waals surface area contributed by atoms with Crippen LogP contribution in [0.25, 0.3) is 0 Å². The maximum Gasteiger partial charge on any atom is 0.416 e. The van der Waals surface area contributed by atoms with Gasteiger partial charge in [0, 0.05) is 25.1 Å². The fraction of sp³-hybridized carbons (Fsp3) is 0.394. The van der Waals surface area contributed by atoms with E-state index in [2.05, 4.69) is 5.32 Å². The number of nitrogens with one attached hydrogen (secondary N) is 1. The quantitative estimate of drug-likeness (QED) is 0.303. The van der Waals surface area contributed by atoms with E-state index in [-0.39, 0.29) is 12.5 Å². The van der Waals surface area contributed by atoms with Gasteiger partial charge in [0.05, 0.1) is 24.3 Å². The van der Waals surface area contributed by atoms with Gasteiger partial charge in [-0.2, -0.15) is 0 Å². The molecule has 1 aliphatic heterocycles. The summed E-state index contributed by atoms with van der Waals surface area (Å²) < 4.78 is 16.5. The van der Waals surface area contributed by atoms with Gasteiger partial charge in [0.25, 0.3) is 5.91 Å². The first kappa shape index (κ1) is 31.8. The lowest BCUT2D eigenvalue weighted by molar-refractivity contribution is -0.142. The highest BCUT2D eigenvalue weighted by molar-refractivity contribution is 6.34. The molecule has 43 heavy (non-hydrogen) atoms. The van der Waals surface area contributed by atoms with Gasteiger partial charge >= 0.3 is 12.1 Å².